The number of para-hydroxylation sites is 2. The summed E-state index contributed by atoms with van der Waals surface area (Å²) in [6.45, 7) is 2.80. The molecule has 0 saturated heterocycles. The molecule has 0 aliphatic heterocycles. The summed E-state index contributed by atoms with van der Waals surface area (Å²) in [5, 5.41) is 7.57. The number of hydrogen-bond acceptors (Lipinski definition) is 3. The average Bonchev–Trinajstić information content (AvgIpc) is 2.97. The Hall–Kier alpha value is -2.79. The molecule has 1 amide bonds. The maximum absolute atomic E-state index is 12.5. The second-order valence-corrected chi connectivity index (χ2v) is 6.13. The lowest BCUT2D eigenvalue weighted by atomic mass is 10.2. The van der Waals surface area contributed by atoms with E-state index in [1.54, 1.807) is 11.6 Å². The fraction of sp³-hybridized carbons (Fsp3) is 0.200. The molecule has 6 heteroatoms. The van der Waals surface area contributed by atoms with Crippen molar-refractivity contribution in [3.8, 4) is 11.4 Å². The van der Waals surface area contributed by atoms with Crippen molar-refractivity contribution in [3.63, 3.8) is 0 Å². The normalized spacial score (nSPS) is 10.5. The Kier molecular flexibility index (Phi) is 5.92. The zero-order valence-corrected chi connectivity index (χ0v) is 15.2. The number of benzene rings is 2. The molecule has 0 aliphatic rings. The van der Waals surface area contributed by atoms with Gasteiger partial charge in [0.1, 0.15) is 10.9 Å². The fourth-order valence-corrected chi connectivity index (χ4v) is 2.92. The van der Waals surface area contributed by atoms with Crippen LogP contribution in [0.2, 0.25) is 5.15 Å². The highest BCUT2D eigenvalue weighted by Crippen LogP contribution is 2.23. The first-order chi connectivity index (χ1) is 12.7. The molecule has 134 valence electrons. The van der Waals surface area contributed by atoms with Crippen LogP contribution in [0.1, 0.15) is 22.5 Å². The highest BCUT2D eigenvalue weighted by Gasteiger charge is 2.20. The predicted octanol–water partition coefficient (Wildman–Crippen LogP) is 4.03. The number of amides is 1. The van der Waals surface area contributed by atoms with Crippen molar-refractivity contribution in [2.45, 2.75) is 13.3 Å². The molecule has 3 aromatic rings. The summed E-state index contributed by atoms with van der Waals surface area (Å²) in [4.78, 5) is 12.5. The smallest absolute Gasteiger partial charge is 0.256 e. The minimum absolute atomic E-state index is 0.227. The first kappa shape index (κ1) is 18.0. The number of carbonyl (C=O) groups is 1. The van der Waals surface area contributed by atoms with E-state index in [1.165, 1.54) is 0 Å². The van der Waals surface area contributed by atoms with Crippen molar-refractivity contribution in [2.24, 2.45) is 0 Å². The molecule has 0 spiro atoms. The van der Waals surface area contributed by atoms with E-state index < -0.39 is 0 Å². The van der Waals surface area contributed by atoms with Crippen LogP contribution < -0.4 is 10.1 Å². The van der Waals surface area contributed by atoms with E-state index in [2.05, 4.69) is 10.4 Å². The minimum Gasteiger partial charge on any atom is -0.494 e. The van der Waals surface area contributed by atoms with Crippen LogP contribution in [-0.2, 0) is 0 Å². The van der Waals surface area contributed by atoms with Crippen LogP contribution in [0, 0.1) is 6.92 Å². The van der Waals surface area contributed by atoms with Crippen LogP contribution in [0.4, 0.5) is 0 Å². The molecule has 0 saturated carbocycles. The maximum atomic E-state index is 12.5. The molecule has 5 nitrogen and oxygen atoms in total. The topological polar surface area (TPSA) is 56.2 Å². The second kappa shape index (κ2) is 8.54. The second-order valence-electron chi connectivity index (χ2n) is 5.77. The van der Waals surface area contributed by atoms with Gasteiger partial charge in [0.05, 0.1) is 23.6 Å². The molecule has 3 rings (SSSR count). The lowest BCUT2D eigenvalue weighted by molar-refractivity contribution is 0.0951. The Labute approximate surface area is 157 Å². The van der Waals surface area contributed by atoms with Crippen LogP contribution in [0.3, 0.4) is 0 Å². The van der Waals surface area contributed by atoms with Crippen molar-refractivity contribution >= 4 is 17.5 Å². The van der Waals surface area contributed by atoms with Crippen molar-refractivity contribution in [3.05, 3.63) is 77.1 Å². The van der Waals surface area contributed by atoms with E-state index in [9.17, 15) is 4.79 Å². The SMILES string of the molecule is Cc1nn(-c2ccccc2)c(Cl)c1C(=O)NCCCOc1ccccc1. The summed E-state index contributed by atoms with van der Waals surface area (Å²) in [6.07, 6.45) is 0.699. The highest BCUT2D eigenvalue weighted by atomic mass is 35.5. The molecule has 0 fully saturated rings. The number of hydrogen-bond donors (Lipinski definition) is 1. The van der Waals surface area contributed by atoms with Crippen molar-refractivity contribution in [2.75, 3.05) is 13.2 Å². The van der Waals surface area contributed by atoms with Gasteiger partial charge in [-0.05, 0) is 37.6 Å². The van der Waals surface area contributed by atoms with Crippen molar-refractivity contribution < 1.29 is 9.53 Å². The summed E-state index contributed by atoms with van der Waals surface area (Å²) in [7, 11) is 0. The largest absolute Gasteiger partial charge is 0.494 e. The molecule has 0 radical (unpaired) electrons. The van der Waals surface area contributed by atoms with Gasteiger partial charge in [-0.2, -0.15) is 5.10 Å². The van der Waals surface area contributed by atoms with Crippen LogP contribution in [0.25, 0.3) is 5.69 Å². The van der Waals surface area contributed by atoms with Gasteiger partial charge >= 0.3 is 0 Å². The van der Waals surface area contributed by atoms with Crippen LogP contribution in [-0.4, -0.2) is 28.8 Å². The highest BCUT2D eigenvalue weighted by molar-refractivity contribution is 6.33. The molecular weight excluding hydrogens is 350 g/mol. The van der Waals surface area contributed by atoms with E-state index in [0.717, 1.165) is 11.4 Å². The summed E-state index contributed by atoms with van der Waals surface area (Å²) in [6, 6.07) is 19.1. The first-order valence-electron chi connectivity index (χ1n) is 8.43. The van der Waals surface area contributed by atoms with Crippen LogP contribution in [0.15, 0.2) is 60.7 Å². The van der Waals surface area contributed by atoms with E-state index in [-0.39, 0.29) is 5.91 Å². The van der Waals surface area contributed by atoms with Gasteiger partial charge in [-0.3, -0.25) is 4.79 Å². The third kappa shape index (κ3) is 4.24. The first-order valence-corrected chi connectivity index (χ1v) is 8.81. The quantitative estimate of drug-likeness (QED) is 0.639. The average molecular weight is 370 g/mol. The number of aryl methyl sites for hydroxylation is 1. The Morgan fingerprint density at radius 2 is 1.77 bits per heavy atom. The van der Waals surface area contributed by atoms with Gasteiger partial charge < -0.3 is 10.1 Å². The van der Waals surface area contributed by atoms with E-state index in [0.29, 0.717) is 36.0 Å². The van der Waals surface area contributed by atoms with E-state index in [1.807, 2.05) is 60.7 Å². The molecule has 0 aliphatic carbocycles. The molecule has 1 N–H and O–H groups in total. The molecule has 0 unspecified atom stereocenters. The lowest BCUT2D eigenvalue weighted by Gasteiger charge is -2.07. The van der Waals surface area contributed by atoms with Gasteiger partial charge in [0.25, 0.3) is 5.91 Å². The van der Waals surface area contributed by atoms with Crippen molar-refractivity contribution in [1.82, 2.24) is 15.1 Å². The molecule has 0 atom stereocenters. The molecule has 0 bridgehead atoms. The number of rotatable bonds is 7. The zero-order chi connectivity index (χ0) is 18.4. The molecular formula is C20H20ClN3O2. The predicted molar refractivity (Wildman–Crippen MR) is 102 cm³/mol. The van der Waals surface area contributed by atoms with Gasteiger partial charge in [-0.25, -0.2) is 4.68 Å². The number of carbonyl (C=O) groups excluding carboxylic acids is 1. The maximum Gasteiger partial charge on any atom is 0.256 e. The number of ether oxygens (including phenoxy) is 1. The van der Waals surface area contributed by atoms with Gasteiger partial charge in [0, 0.05) is 6.54 Å². The van der Waals surface area contributed by atoms with Gasteiger partial charge in [-0.1, -0.05) is 48.0 Å². The summed E-state index contributed by atoms with van der Waals surface area (Å²) in [5.41, 5.74) is 1.81. The number of aromatic nitrogens is 2. The molecule has 1 aromatic heterocycles. The van der Waals surface area contributed by atoms with E-state index in [4.69, 9.17) is 16.3 Å². The Morgan fingerprint density at radius 1 is 1.12 bits per heavy atom. The van der Waals surface area contributed by atoms with Crippen molar-refractivity contribution in [1.29, 1.82) is 0 Å². The van der Waals surface area contributed by atoms with Crippen LogP contribution >= 0.6 is 11.6 Å². The number of halogens is 1. The fourth-order valence-electron chi connectivity index (χ4n) is 2.57. The van der Waals surface area contributed by atoms with Gasteiger partial charge in [0.2, 0.25) is 0 Å². The monoisotopic (exact) mass is 369 g/mol. The molecule has 26 heavy (non-hydrogen) atoms. The third-order valence-electron chi connectivity index (χ3n) is 3.85. The molecule has 2 aromatic carbocycles. The summed E-state index contributed by atoms with van der Waals surface area (Å²) >= 11 is 6.39. The standard InChI is InChI=1S/C20H20ClN3O2/c1-15-18(19(21)24(23-15)16-9-4-2-5-10-16)20(25)22-13-8-14-26-17-11-6-3-7-12-17/h2-7,9-12H,8,13-14H2,1H3,(H,22,25). The Morgan fingerprint density at radius 3 is 2.46 bits per heavy atom. The Bertz CT molecular complexity index is 864. The lowest BCUT2D eigenvalue weighted by Crippen LogP contribution is -2.26. The minimum atomic E-state index is -0.227. The summed E-state index contributed by atoms with van der Waals surface area (Å²) in [5.74, 6) is 0.594. The van der Waals surface area contributed by atoms with Gasteiger partial charge in [-0.15, -0.1) is 0 Å². The van der Waals surface area contributed by atoms with E-state index >= 15 is 0 Å². The third-order valence-corrected chi connectivity index (χ3v) is 4.20. The zero-order valence-electron chi connectivity index (χ0n) is 14.5. The Balaban J connectivity index is 1.56. The van der Waals surface area contributed by atoms with Crippen LogP contribution in [0.5, 0.6) is 5.75 Å². The number of nitrogens with one attached hydrogen (secondary N) is 1. The summed E-state index contributed by atoms with van der Waals surface area (Å²) < 4.78 is 7.18. The molecule has 1 heterocycles. The number of nitrogens with zero attached hydrogens (tertiary/aromatic N) is 2. The van der Waals surface area contributed by atoms with Gasteiger partial charge in [0.15, 0.2) is 0 Å².